The first-order valence-electron chi connectivity index (χ1n) is 14.5. The highest BCUT2D eigenvalue weighted by atomic mass is 32.2. The normalized spacial score (nSPS) is 32.7. The number of carbonyl (C=O) groups excluding carboxylic acids is 2. The van der Waals surface area contributed by atoms with Crippen LogP contribution in [0.1, 0.15) is 90.2 Å². The molecular weight excluding hydrogens is 514 g/mol. The summed E-state index contributed by atoms with van der Waals surface area (Å²) < 4.78 is 24.6. The highest BCUT2D eigenvalue weighted by Gasteiger charge is 2.58. The zero-order valence-corrected chi connectivity index (χ0v) is 24.7. The molecule has 0 bridgehead atoms. The lowest BCUT2D eigenvalue weighted by Crippen LogP contribution is -2.54. The number of carbonyl (C=O) groups is 2. The summed E-state index contributed by atoms with van der Waals surface area (Å²) in [6.45, 7) is 12.3. The van der Waals surface area contributed by atoms with Crippen molar-refractivity contribution in [2.24, 2.45) is 0 Å². The number of esters is 1. The van der Waals surface area contributed by atoms with Crippen molar-refractivity contribution in [2.75, 3.05) is 19.9 Å². The molecule has 212 valence electrons. The van der Waals surface area contributed by atoms with Crippen LogP contribution in [0.15, 0.2) is 23.8 Å². The van der Waals surface area contributed by atoms with E-state index < -0.39 is 23.3 Å². The van der Waals surface area contributed by atoms with Crippen molar-refractivity contribution >= 4 is 22.8 Å². The predicted molar refractivity (Wildman–Crippen MR) is 150 cm³/mol. The topological polar surface area (TPSA) is 74.3 Å². The van der Waals surface area contributed by atoms with Crippen molar-refractivity contribution < 1.29 is 28.5 Å². The van der Waals surface area contributed by atoms with Gasteiger partial charge in [0.25, 0.3) is 0 Å². The van der Waals surface area contributed by atoms with Gasteiger partial charge in [0, 0.05) is 17.7 Å². The van der Waals surface area contributed by atoms with Crippen LogP contribution in [0.3, 0.4) is 0 Å². The van der Waals surface area contributed by atoms with E-state index in [1.807, 2.05) is 27.7 Å². The summed E-state index contributed by atoms with van der Waals surface area (Å²) in [4.78, 5) is 29.9. The summed E-state index contributed by atoms with van der Waals surface area (Å²) in [6.07, 6.45) is 7.16. The summed E-state index contributed by atoms with van der Waals surface area (Å²) in [7, 11) is 0. The van der Waals surface area contributed by atoms with E-state index >= 15 is 0 Å². The smallest absolute Gasteiger partial charge is 0.339 e. The maximum absolute atomic E-state index is 14.3. The van der Waals surface area contributed by atoms with Crippen LogP contribution in [0.2, 0.25) is 0 Å². The maximum atomic E-state index is 14.3. The average Bonchev–Trinajstić information content (AvgIpc) is 3.51. The minimum atomic E-state index is -1.27. The highest BCUT2D eigenvalue weighted by Crippen LogP contribution is 2.56. The lowest BCUT2D eigenvalue weighted by molar-refractivity contribution is -0.212. The van der Waals surface area contributed by atoms with Crippen molar-refractivity contribution in [1.82, 2.24) is 4.90 Å². The Morgan fingerprint density at radius 3 is 2.62 bits per heavy atom. The van der Waals surface area contributed by atoms with E-state index in [-0.39, 0.29) is 35.0 Å². The van der Waals surface area contributed by atoms with Crippen LogP contribution in [-0.4, -0.2) is 64.0 Å². The maximum Gasteiger partial charge on any atom is 0.339 e. The van der Waals surface area contributed by atoms with E-state index in [4.69, 9.17) is 18.9 Å². The molecule has 5 aliphatic rings. The molecule has 0 amide bonds. The van der Waals surface area contributed by atoms with Crippen LogP contribution >= 0.6 is 11.8 Å². The Morgan fingerprint density at radius 1 is 1.10 bits per heavy atom. The number of benzene rings is 1. The number of nitrogens with zero attached hydrogens (tertiary/aromatic N) is 1. The summed E-state index contributed by atoms with van der Waals surface area (Å²) in [5.41, 5.74) is 1.51. The fraction of sp³-hybridized carbons (Fsp3) is 0.677. The Bertz CT molecular complexity index is 1210. The second-order valence-electron chi connectivity index (χ2n) is 12.9. The second-order valence-corrected chi connectivity index (χ2v) is 14.5. The molecule has 1 aliphatic carbocycles. The highest BCUT2D eigenvalue weighted by molar-refractivity contribution is 8.14. The first kappa shape index (κ1) is 27.2. The van der Waals surface area contributed by atoms with Crippen LogP contribution in [-0.2, 0) is 25.5 Å². The molecule has 8 heteroatoms. The first-order valence-corrected chi connectivity index (χ1v) is 15.4. The number of hydrogen-bond acceptors (Lipinski definition) is 8. The Labute approximate surface area is 235 Å². The molecule has 0 radical (unpaired) electrons. The summed E-state index contributed by atoms with van der Waals surface area (Å²) in [6, 6.07) is 4.24. The molecule has 39 heavy (non-hydrogen) atoms. The van der Waals surface area contributed by atoms with Gasteiger partial charge in [0.2, 0.25) is 6.79 Å². The SMILES string of the molecule is CC1=C[C@]23CCCN2CCc2cc4c(cc2[C@@H]3C1OC(=O)C1(CC(=O)SC(C)C)CCCC(C)(C)O1)OCO4. The van der Waals surface area contributed by atoms with E-state index in [9.17, 15) is 9.59 Å². The molecule has 0 N–H and O–H groups in total. The van der Waals surface area contributed by atoms with Gasteiger partial charge in [-0.25, -0.2) is 4.79 Å². The molecule has 0 saturated carbocycles. The summed E-state index contributed by atoms with van der Waals surface area (Å²) in [5.74, 6) is 1.10. The number of fused-ring (bicyclic) bond motifs is 3. The Morgan fingerprint density at radius 2 is 1.87 bits per heavy atom. The van der Waals surface area contributed by atoms with Gasteiger partial charge in [-0.15, -0.1) is 0 Å². The van der Waals surface area contributed by atoms with Crippen LogP contribution in [0.25, 0.3) is 0 Å². The second kappa shape index (κ2) is 9.81. The van der Waals surface area contributed by atoms with E-state index in [0.717, 1.165) is 62.3 Å². The molecule has 1 aromatic rings. The molecule has 2 unspecified atom stereocenters. The number of hydrogen-bond donors (Lipinski definition) is 0. The van der Waals surface area contributed by atoms with E-state index in [0.29, 0.717) is 6.42 Å². The van der Waals surface area contributed by atoms with Crippen molar-refractivity contribution in [3.05, 3.63) is 34.9 Å². The Balaban J connectivity index is 1.37. The van der Waals surface area contributed by atoms with Gasteiger partial charge >= 0.3 is 5.97 Å². The van der Waals surface area contributed by atoms with Crippen LogP contribution in [0, 0.1) is 0 Å². The van der Waals surface area contributed by atoms with Crippen LogP contribution in [0.5, 0.6) is 11.5 Å². The average molecular weight is 556 g/mol. The van der Waals surface area contributed by atoms with Crippen molar-refractivity contribution in [3.8, 4) is 11.5 Å². The fourth-order valence-electron chi connectivity index (χ4n) is 7.73. The van der Waals surface area contributed by atoms with Gasteiger partial charge in [-0.2, -0.15) is 0 Å². The van der Waals surface area contributed by atoms with Gasteiger partial charge in [0.15, 0.2) is 22.2 Å². The number of ether oxygens (including phenoxy) is 4. The number of rotatable bonds is 5. The molecule has 0 aromatic heterocycles. The molecule has 4 heterocycles. The Hall–Kier alpha value is -2.03. The third kappa shape index (κ3) is 4.70. The third-order valence-corrected chi connectivity index (χ3v) is 10.1. The first-order chi connectivity index (χ1) is 18.5. The largest absolute Gasteiger partial charge is 0.455 e. The van der Waals surface area contributed by atoms with E-state index in [1.54, 1.807) is 0 Å². The van der Waals surface area contributed by atoms with Crippen LogP contribution in [0.4, 0.5) is 0 Å². The van der Waals surface area contributed by atoms with Crippen molar-refractivity contribution in [1.29, 1.82) is 0 Å². The zero-order valence-electron chi connectivity index (χ0n) is 23.8. The Kier molecular flexibility index (Phi) is 6.83. The quantitative estimate of drug-likeness (QED) is 0.347. The molecule has 1 aromatic carbocycles. The fourth-order valence-corrected chi connectivity index (χ4v) is 8.57. The summed E-state index contributed by atoms with van der Waals surface area (Å²) >= 11 is 1.27. The molecule has 6 rings (SSSR count). The van der Waals surface area contributed by atoms with E-state index in [2.05, 4.69) is 30.0 Å². The molecule has 2 fully saturated rings. The summed E-state index contributed by atoms with van der Waals surface area (Å²) in [5, 5.41) is 0.120. The van der Waals surface area contributed by atoms with Crippen molar-refractivity contribution in [3.63, 3.8) is 0 Å². The van der Waals surface area contributed by atoms with E-state index in [1.165, 1.54) is 22.9 Å². The lowest BCUT2D eigenvalue weighted by Gasteiger charge is -2.44. The molecule has 2 saturated heterocycles. The van der Waals surface area contributed by atoms with Gasteiger partial charge in [-0.3, -0.25) is 9.69 Å². The monoisotopic (exact) mass is 555 g/mol. The molecule has 1 spiro atoms. The van der Waals surface area contributed by atoms with Gasteiger partial charge in [-0.05, 0) is 94.7 Å². The van der Waals surface area contributed by atoms with Gasteiger partial charge in [-0.1, -0.05) is 31.7 Å². The van der Waals surface area contributed by atoms with Crippen LogP contribution < -0.4 is 9.47 Å². The van der Waals surface area contributed by atoms with Gasteiger partial charge < -0.3 is 18.9 Å². The minimum Gasteiger partial charge on any atom is -0.455 e. The van der Waals surface area contributed by atoms with Crippen molar-refractivity contribution in [2.45, 2.75) is 114 Å². The predicted octanol–water partition coefficient (Wildman–Crippen LogP) is 5.54. The zero-order chi connectivity index (χ0) is 27.6. The van der Waals surface area contributed by atoms with Gasteiger partial charge in [0.1, 0.15) is 6.10 Å². The molecule has 4 atom stereocenters. The third-order valence-electron chi connectivity index (χ3n) is 9.22. The van der Waals surface area contributed by atoms with Gasteiger partial charge in [0.05, 0.1) is 17.6 Å². The lowest BCUT2D eigenvalue weighted by atomic mass is 9.77. The standard InChI is InChI=1S/C31H41NO6S/c1-19(2)39-25(33)17-31(11-6-9-29(4,5)38-31)28(34)37-27-20(3)16-30-10-7-12-32(30)13-8-21-14-23-24(36-18-35-23)15-22(21)26(27)30/h14-16,19,26-27H,6-13,17-18H2,1-5H3/t26-,27?,30+,31?/m1/s1. The number of thioether (sulfide) groups is 1. The molecule has 7 nitrogen and oxygen atoms in total. The molecular formula is C31H41NO6S. The molecule has 4 aliphatic heterocycles. The minimum absolute atomic E-state index is 0.0238.